The Kier molecular flexibility index (Phi) is 3.65. The van der Waals surface area contributed by atoms with Crippen molar-refractivity contribution in [3.63, 3.8) is 0 Å². The third-order valence-electron chi connectivity index (χ3n) is 2.76. The van der Waals surface area contributed by atoms with Crippen LogP contribution in [0.5, 0.6) is 0 Å². The molecule has 1 unspecified atom stereocenters. The van der Waals surface area contributed by atoms with Crippen LogP contribution in [-0.2, 0) is 0 Å². The number of amides is 1. The van der Waals surface area contributed by atoms with Crippen LogP contribution in [0.2, 0.25) is 0 Å². The largest absolute Gasteiger partial charge is 0.397 e. The van der Waals surface area contributed by atoms with Gasteiger partial charge in [-0.2, -0.15) is 5.10 Å². The molecule has 0 bridgehead atoms. The monoisotopic (exact) mass is 260 g/mol. The van der Waals surface area contributed by atoms with Crippen molar-refractivity contribution in [3.05, 3.63) is 35.9 Å². The number of hydrogen-bond acceptors (Lipinski definition) is 5. The molecule has 0 aliphatic heterocycles. The van der Waals surface area contributed by atoms with Gasteiger partial charge in [-0.15, -0.1) is 0 Å². The minimum atomic E-state index is -0.165. The quantitative estimate of drug-likeness (QED) is 0.611. The molecule has 2 aromatic rings. The van der Waals surface area contributed by atoms with E-state index in [4.69, 9.17) is 5.73 Å². The van der Waals surface area contributed by atoms with E-state index in [1.807, 2.05) is 6.92 Å². The maximum atomic E-state index is 11.5. The zero-order valence-corrected chi connectivity index (χ0v) is 10.8. The van der Waals surface area contributed by atoms with E-state index >= 15 is 0 Å². The third kappa shape index (κ3) is 2.82. The molecule has 7 heteroatoms. The molecule has 0 aliphatic rings. The first-order chi connectivity index (χ1) is 9.11. The van der Waals surface area contributed by atoms with E-state index in [-0.39, 0.29) is 11.9 Å². The maximum absolute atomic E-state index is 11.5. The summed E-state index contributed by atoms with van der Waals surface area (Å²) in [4.78, 5) is 15.5. The minimum absolute atomic E-state index is 0.0596. The van der Waals surface area contributed by atoms with Crippen molar-refractivity contribution >= 4 is 17.3 Å². The first kappa shape index (κ1) is 12.9. The Hall–Kier alpha value is -2.57. The van der Waals surface area contributed by atoms with Gasteiger partial charge < -0.3 is 16.4 Å². The fourth-order valence-electron chi connectivity index (χ4n) is 1.70. The van der Waals surface area contributed by atoms with Crippen molar-refractivity contribution in [2.45, 2.75) is 13.0 Å². The highest BCUT2D eigenvalue weighted by molar-refractivity contribution is 5.95. The lowest BCUT2D eigenvalue weighted by molar-refractivity contribution is 0.0963. The van der Waals surface area contributed by atoms with Crippen LogP contribution in [-0.4, -0.2) is 28.1 Å². The summed E-state index contributed by atoms with van der Waals surface area (Å²) in [6.45, 7) is 1.94. The molecule has 7 nitrogen and oxygen atoms in total. The number of nitrogen functional groups attached to an aromatic ring is 1. The lowest BCUT2D eigenvalue weighted by Gasteiger charge is -2.15. The summed E-state index contributed by atoms with van der Waals surface area (Å²) in [5.74, 6) is 0.552. The van der Waals surface area contributed by atoms with Crippen molar-refractivity contribution < 1.29 is 4.79 Å². The molecule has 1 amide bonds. The summed E-state index contributed by atoms with van der Waals surface area (Å²) < 4.78 is 0. The van der Waals surface area contributed by atoms with Gasteiger partial charge in [0.05, 0.1) is 17.4 Å². The van der Waals surface area contributed by atoms with Gasteiger partial charge in [0.1, 0.15) is 12.2 Å². The van der Waals surface area contributed by atoms with Crippen LogP contribution in [0.15, 0.2) is 24.5 Å². The molecule has 2 rings (SSSR count). The van der Waals surface area contributed by atoms with E-state index in [2.05, 4.69) is 25.8 Å². The Morgan fingerprint density at radius 3 is 2.84 bits per heavy atom. The number of nitrogens with one attached hydrogen (secondary N) is 3. The number of carbonyl (C=O) groups excluding carboxylic acids is 1. The summed E-state index contributed by atoms with van der Waals surface area (Å²) in [5, 5.41) is 12.3. The zero-order valence-electron chi connectivity index (χ0n) is 10.8. The third-order valence-corrected chi connectivity index (χ3v) is 2.76. The van der Waals surface area contributed by atoms with Gasteiger partial charge in [0.25, 0.3) is 5.91 Å². The van der Waals surface area contributed by atoms with E-state index < -0.39 is 0 Å². The lowest BCUT2D eigenvalue weighted by Crippen LogP contribution is -2.18. The van der Waals surface area contributed by atoms with Gasteiger partial charge in [-0.25, -0.2) is 4.98 Å². The number of hydrogen-bond donors (Lipinski definition) is 4. The van der Waals surface area contributed by atoms with Crippen molar-refractivity contribution in [1.82, 2.24) is 20.5 Å². The summed E-state index contributed by atoms with van der Waals surface area (Å²) in [6, 6.07) is 5.06. The Bertz CT molecular complexity index is 566. The maximum Gasteiger partial charge on any atom is 0.251 e. The van der Waals surface area contributed by atoms with Crippen LogP contribution >= 0.6 is 0 Å². The lowest BCUT2D eigenvalue weighted by atomic mass is 10.1. The number of nitrogens with two attached hydrogens (primary N) is 1. The molecule has 0 radical (unpaired) electrons. The Morgan fingerprint density at radius 2 is 2.26 bits per heavy atom. The van der Waals surface area contributed by atoms with Gasteiger partial charge in [-0.05, 0) is 25.1 Å². The molecule has 100 valence electrons. The number of rotatable bonds is 4. The number of benzene rings is 1. The molecule has 1 atom stereocenters. The molecule has 1 aromatic carbocycles. The second-order valence-electron chi connectivity index (χ2n) is 4.12. The number of anilines is 2. The molecular weight excluding hydrogens is 244 g/mol. The molecule has 1 heterocycles. The molecule has 0 aliphatic carbocycles. The van der Waals surface area contributed by atoms with Crippen LogP contribution in [0, 0.1) is 0 Å². The van der Waals surface area contributed by atoms with E-state index in [1.165, 1.54) is 6.33 Å². The molecular formula is C12H16N6O. The SMILES string of the molecule is CNC(=O)c1ccc(NC(C)c2ncn[nH]2)c(N)c1. The van der Waals surface area contributed by atoms with Gasteiger partial charge in [0.2, 0.25) is 0 Å². The molecule has 0 spiro atoms. The van der Waals surface area contributed by atoms with Gasteiger partial charge in [0, 0.05) is 12.6 Å². The topological polar surface area (TPSA) is 109 Å². The normalized spacial score (nSPS) is 11.9. The number of nitrogens with zero attached hydrogens (tertiary/aromatic N) is 2. The fraction of sp³-hybridized carbons (Fsp3) is 0.250. The van der Waals surface area contributed by atoms with Gasteiger partial charge in [0.15, 0.2) is 0 Å². The van der Waals surface area contributed by atoms with E-state index in [9.17, 15) is 4.79 Å². The first-order valence-electron chi connectivity index (χ1n) is 5.85. The zero-order chi connectivity index (χ0) is 13.8. The van der Waals surface area contributed by atoms with Crippen LogP contribution in [0.4, 0.5) is 11.4 Å². The number of aromatic nitrogens is 3. The highest BCUT2D eigenvalue weighted by Gasteiger charge is 2.11. The Balaban J connectivity index is 2.15. The van der Waals surface area contributed by atoms with E-state index in [0.717, 1.165) is 11.5 Å². The average Bonchev–Trinajstić information content (AvgIpc) is 2.94. The van der Waals surface area contributed by atoms with Gasteiger partial charge >= 0.3 is 0 Å². The summed E-state index contributed by atoms with van der Waals surface area (Å²) >= 11 is 0. The molecule has 1 aromatic heterocycles. The van der Waals surface area contributed by atoms with Gasteiger partial charge in [-0.1, -0.05) is 0 Å². The van der Waals surface area contributed by atoms with Crippen molar-refractivity contribution in [2.75, 3.05) is 18.1 Å². The highest BCUT2D eigenvalue weighted by atomic mass is 16.1. The van der Waals surface area contributed by atoms with Crippen molar-refractivity contribution in [3.8, 4) is 0 Å². The molecule has 0 saturated carbocycles. The second-order valence-corrected chi connectivity index (χ2v) is 4.12. The van der Waals surface area contributed by atoms with Crippen LogP contribution in [0.25, 0.3) is 0 Å². The molecule has 5 N–H and O–H groups in total. The summed E-state index contributed by atoms with van der Waals surface area (Å²) in [6.07, 6.45) is 1.45. The number of aromatic amines is 1. The van der Waals surface area contributed by atoms with E-state index in [0.29, 0.717) is 11.3 Å². The fourth-order valence-corrected chi connectivity index (χ4v) is 1.70. The van der Waals surface area contributed by atoms with Crippen LogP contribution in [0.1, 0.15) is 29.1 Å². The smallest absolute Gasteiger partial charge is 0.251 e. The average molecular weight is 260 g/mol. The number of H-pyrrole nitrogens is 1. The van der Waals surface area contributed by atoms with Crippen LogP contribution < -0.4 is 16.4 Å². The molecule has 0 fully saturated rings. The van der Waals surface area contributed by atoms with E-state index in [1.54, 1.807) is 25.2 Å². The number of carbonyl (C=O) groups is 1. The Labute approximate surface area is 110 Å². The van der Waals surface area contributed by atoms with Crippen molar-refractivity contribution in [1.29, 1.82) is 0 Å². The molecule has 0 saturated heterocycles. The minimum Gasteiger partial charge on any atom is -0.397 e. The van der Waals surface area contributed by atoms with Gasteiger partial charge in [-0.3, -0.25) is 9.89 Å². The predicted molar refractivity (Wildman–Crippen MR) is 72.7 cm³/mol. The first-order valence-corrected chi connectivity index (χ1v) is 5.85. The summed E-state index contributed by atoms with van der Waals surface area (Å²) in [7, 11) is 1.58. The predicted octanol–water partition coefficient (Wildman–Crippen LogP) is 0.920. The van der Waals surface area contributed by atoms with Crippen LogP contribution in [0.3, 0.4) is 0 Å². The summed E-state index contributed by atoms with van der Waals surface area (Å²) in [5.41, 5.74) is 7.71. The second kappa shape index (κ2) is 5.38. The Morgan fingerprint density at radius 1 is 1.47 bits per heavy atom. The van der Waals surface area contributed by atoms with Crippen molar-refractivity contribution in [2.24, 2.45) is 0 Å². The molecule has 19 heavy (non-hydrogen) atoms. The standard InChI is InChI=1S/C12H16N6O/c1-7(11-15-6-16-18-11)17-10-4-3-8(5-9(10)13)12(19)14-2/h3-7,17H,13H2,1-2H3,(H,14,19)(H,15,16,18). The highest BCUT2D eigenvalue weighted by Crippen LogP contribution is 2.23.